The van der Waals surface area contributed by atoms with Crippen molar-refractivity contribution < 1.29 is 14.3 Å². The number of rotatable bonds is 6. The fraction of sp³-hybridized carbons (Fsp3) is 0.364. The summed E-state index contributed by atoms with van der Waals surface area (Å²) in [6, 6.07) is 13.0. The third-order valence-corrected chi connectivity index (χ3v) is 4.98. The van der Waals surface area contributed by atoms with Crippen molar-refractivity contribution in [2.45, 2.75) is 44.9 Å². The maximum atomic E-state index is 12.7. The van der Waals surface area contributed by atoms with Crippen LogP contribution in [0.4, 0.5) is 0 Å². The standard InChI is InChI=1S/C22H27N3O3.ClH/c1-22(2)11-10-16-12-17(8-9-18(16)28-22)19(27-3)21(26)25-13-14-4-6-15(7-5-14)20(23)24;/h4-9,12,19H,10-11,13H2,1-3H3,(H3,23,24)(H,25,26);1H. The average Bonchev–Trinajstić information content (AvgIpc) is 2.66. The molecule has 29 heavy (non-hydrogen) atoms. The second-order valence-corrected chi connectivity index (χ2v) is 7.67. The molecular weight excluding hydrogens is 390 g/mol. The van der Waals surface area contributed by atoms with Crippen molar-refractivity contribution in [3.63, 3.8) is 0 Å². The lowest BCUT2D eigenvalue weighted by Crippen LogP contribution is -2.33. The van der Waals surface area contributed by atoms with Gasteiger partial charge in [-0.05, 0) is 55.5 Å². The minimum Gasteiger partial charge on any atom is -0.488 e. The highest BCUT2D eigenvalue weighted by atomic mass is 35.5. The van der Waals surface area contributed by atoms with Crippen LogP contribution in [0.5, 0.6) is 5.75 Å². The Balaban J connectivity index is 0.00000300. The molecule has 1 amide bonds. The number of carbonyl (C=O) groups excluding carboxylic acids is 1. The van der Waals surface area contributed by atoms with Gasteiger partial charge in [0.15, 0.2) is 6.10 Å². The molecule has 0 spiro atoms. The number of methoxy groups -OCH3 is 1. The number of hydrogen-bond acceptors (Lipinski definition) is 4. The van der Waals surface area contributed by atoms with Gasteiger partial charge in [0.2, 0.25) is 0 Å². The van der Waals surface area contributed by atoms with E-state index in [4.69, 9.17) is 20.6 Å². The van der Waals surface area contributed by atoms with Gasteiger partial charge in [-0.1, -0.05) is 30.3 Å². The molecule has 0 aromatic heterocycles. The van der Waals surface area contributed by atoms with Crippen LogP contribution in [0, 0.1) is 5.41 Å². The van der Waals surface area contributed by atoms with Gasteiger partial charge in [-0.15, -0.1) is 12.4 Å². The van der Waals surface area contributed by atoms with Gasteiger partial charge in [-0.25, -0.2) is 0 Å². The second-order valence-electron chi connectivity index (χ2n) is 7.67. The van der Waals surface area contributed by atoms with Gasteiger partial charge in [-0.2, -0.15) is 0 Å². The summed E-state index contributed by atoms with van der Waals surface area (Å²) >= 11 is 0. The topological polar surface area (TPSA) is 97.4 Å². The predicted octanol–water partition coefficient (Wildman–Crippen LogP) is 3.50. The number of benzene rings is 2. The summed E-state index contributed by atoms with van der Waals surface area (Å²) in [4.78, 5) is 12.7. The number of ether oxygens (including phenoxy) is 2. The van der Waals surface area contributed by atoms with Crippen LogP contribution in [-0.4, -0.2) is 24.5 Å². The molecule has 1 aliphatic heterocycles. The largest absolute Gasteiger partial charge is 0.488 e. The molecule has 0 aliphatic carbocycles. The van der Waals surface area contributed by atoms with E-state index in [1.54, 1.807) is 12.1 Å². The first-order valence-electron chi connectivity index (χ1n) is 9.35. The van der Waals surface area contributed by atoms with E-state index in [1.165, 1.54) is 7.11 Å². The number of amides is 1. The molecule has 2 aromatic rings. The Morgan fingerprint density at radius 3 is 2.59 bits per heavy atom. The van der Waals surface area contributed by atoms with E-state index in [2.05, 4.69) is 19.2 Å². The van der Waals surface area contributed by atoms with Crippen molar-refractivity contribution in [3.8, 4) is 5.75 Å². The smallest absolute Gasteiger partial charge is 0.254 e. The monoisotopic (exact) mass is 417 g/mol. The summed E-state index contributed by atoms with van der Waals surface area (Å²) < 4.78 is 11.5. The van der Waals surface area contributed by atoms with Gasteiger partial charge < -0.3 is 20.5 Å². The molecule has 2 aromatic carbocycles. The van der Waals surface area contributed by atoms with Gasteiger partial charge >= 0.3 is 0 Å². The predicted molar refractivity (Wildman–Crippen MR) is 116 cm³/mol. The van der Waals surface area contributed by atoms with Crippen molar-refractivity contribution in [1.29, 1.82) is 5.41 Å². The molecule has 1 atom stereocenters. The maximum absolute atomic E-state index is 12.7. The molecule has 0 fully saturated rings. The summed E-state index contributed by atoms with van der Waals surface area (Å²) in [5.41, 5.74) is 8.80. The highest BCUT2D eigenvalue weighted by Gasteiger charge is 2.28. The summed E-state index contributed by atoms with van der Waals surface area (Å²) in [6.07, 6.45) is 1.16. The molecule has 1 aliphatic rings. The quantitative estimate of drug-likeness (QED) is 0.495. The SMILES string of the molecule is COC(C(=O)NCc1ccc(C(=N)N)cc1)c1ccc2c(c1)CCC(C)(C)O2.Cl. The van der Waals surface area contributed by atoms with E-state index in [1.807, 2.05) is 30.3 Å². The minimum atomic E-state index is -0.684. The van der Waals surface area contributed by atoms with Crippen LogP contribution in [0.2, 0.25) is 0 Å². The van der Waals surface area contributed by atoms with Gasteiger partial charge in [-0.3, -0.25) is 10.2 Å². The molecule has 7 heteroatoms. The molecule has 0 radical (unpaired) electrons. The Bertz CT molecular complexity index is 881. The normalized spacial score (nSPS) is 15.3. The Morgan fingerprint density at radius 2 is 1.97 bits per heavy atom. The fourth-order valence-electron chi connectivity index (χ4n) is 3.32. The van der Waals surface area contributed by atoms with Gasteiger partial charge in [0.25, 0.3) is 5.91 Å². The molecule has 1 unspecified atom stereocenters. The number of nitrogen functional groups attached to an aromatic ring is 1. The summed E-state index contributed by atoms with van der Waals surface area (Å²) in [6.45, 7) is 4.54. The first-order chi connectivity index (χ1) is 13.3. The van der Waals surface area contributed by atoms with Crippen molar-refractivity contribution >= 4 is 24.1 Å². The van der Waals surface area contributed by atoms with Crippen molar-refractivity contribution in [2.75, 3.05) is 7.11 Å². The average molecular weight is 418 g/mol. The van der Waals surface area contributed by atoms with Crippen LogP contribution in [0.1, 0.15) is 48.6 Å². The number of carbonyl (C=O) groups is 1. The van der Waals surface area contributed by atoms with E-state index in [0.717, 1.165) is 35.3 Å². The van der Waals surface area contributed by atoms with Crippen LogP contribution in [0.15, 0.2) is 42.5 Å². The zero-order chi connectivity index (χ0) is 20.3. The van der Waals surface area contributed by atoms with E-state index in [9.17, 15) is 4.79 Å². The Morgan fingerprint density at radius 1 is 1.28 bits per heavy atom. The molecule has 156 valence electrons. The lowest BCUT2D eigenvalue weighted by Gasteiger charge is -2.33. The summed E-state index contributed by atoms with van der Waals surface area (Å²) in [7, 11) is 1.53. The second kappa shape index (κ2) is 9.29. The van der Waals surface area contributed by atoms with Gasteiger partial charge in [0.1, 0.15) is 17.2 Å². The summed E-state index contributed by atoms with van der Waals surface area (Å²) in [5.74, 6) is 0.700. The zero-order valence-corrected chi connectivity index (χ0v) is 17.8. The van der Waals surface area contributed by atoms with E-state index in [0.29, 0.717) is 12.1 Å². The Labute approximate surface area is 177 Å². The number of nitrogens with one attached hydrogen (secondary N) is 2. The molecule has 0 bridgehead atoms. The van der Waals surface area contributed by atoms with Crippen LogP contribution in [0.25, 0.3) is 0 Å². The van der Waals surface area contributed by atoms with Crippen LogP contribution < -0.4 is 15.8 Å². The summed E-state index contributed by atoms with van der Waals surface area (Å²) in [5, 5.41) is 10.3. The number of aryl methyl sites for hydroxylation is 1. The first-order valence-corrected chi connectivity index (χ1v) is 9.35. The molecule has 0 saturated carbocycles. The highest BCUT2D eigenvalue weighted by Crippen LogP contribution is 2.35. The van der Waals surface area contributed by atoms with Crippen molar-refractivity contribution in [3.05, 3.63) is 64.7 Å². The minimum absolute atomic E-state index is 0. The molecule has 6 nitrogen and oxygen atoms in total. The maximum Gasteiger partial charge on any atom is 0.254 e. The first kappa shape index (κ1) is 22.7. The van der Waals surface area contributed by atoms with E-state index in [-0.39, 0.29) is 29.8 Å². The lowest BCUT2D eigenvalue weighted by molar-refractivity contribution is -0.131. The van der Waals surface area contributed by atoms with E-state index < -0.39 is 6.10 Å². The van der Waals surface area contributed by atoms with Crippen LogP contribution in [-0.2, 0) is 22.5 Å². The van der Waals surface area contributed by atoms with Gasteiger partial charge in [0, 0.05) is 19.2 Å². The number of fused-ring (bicyclic) bond motifs is 1. The van der Waals surface area contributed by atoms with E-state index >= 15 is 0 Å². The molecule has 4 N–H and O–H groups in total. The van der Waals surface area contributed by atoms with Crippen molar-refractivity contribution in [2.24, 2.45) is 5.73 Å². The molecular formula is C22H28ClN3O3. The van der Waals surface area contributed by atoms with Crippen molar-refractivity contribution in [1.82, 2.24) is 5.32 Å². The molecule has 3 rings (SSSR count). The number of halogens is 1. The fourth-order valence-corrected chi connectivity index (χ4v) is 3.32. The number of amidine groups is 1. The zero-order valence-electron chi connectivity index (χ0n) is 17.0. The number of hydrogen-bond donors (Lipinski definition) is 3. The van der Waals surface area contributed by atoms with Crippen LogP contribution >= 0.6 is 12.4 Å². The van der Waals surface area contributed by atoms with Gasteiger partial charge in [0.05, 0.1) is 0 Å². The Hall–Kier alpha value is -2.57. The number of nitrogens with two attached hydrogens (primary N) is 1. The third kappa shape index (κ3) is 5.49. The molecule has 1 heterocycles. The highest BCUT2D eigenvalue weighted by molar-refractivity contribution is 5.94. The molecule has 0 saturated heterocycles. The Kier molecular flexibility index (Phi) is 7.27. The van der Waals surface area contributed by atoms with Crippen LogP contribution in [0.3, 0.4) is 0 Å². The third-order valence-electron chi connectivity index (χ3n) is 4.98. The lowest BCUT2D eigenvalue weighted by atomic mass is 9.92.